The Hall–Kier alpha value is -1.92. The highest BCUT2D eigenvalue weighted by molar-refractivity contribution is 6.27. The van der Waals surface area contributed by atoms with E-state index in [2.05, 4.69) is 17.6 Å². The van der Waals surface area contributed by atoms with Crippen molar-refractivity contribution in [3.8, 4) is 0 Å². The van der Waals surface area contributed by atoms with Crippen molar-refractivity contribution in [2.75, 3.05) is 6.54 Å². The lowest BCUT2D eigenvalue weighted by Crippen LogP contribution is -2.09. The summed E-state index contributed by atoms with van der Waals surface area (Å²) < 4.78 is 0. The molecule has 1 aromatic carbocycles. The summed E-state index contributed by atoms with van der Waals surface area (Å²) in [5.74, 6) is -3.65. The number of carboxylic acids is 2. The molecule has 6 nitrogen and oxygen atoms in total. The summed E-state index contributed by atoms with van der Waals surface area (Å²) in [4.78, 5) is 18.2. The molecule has 4 N–H and O–H groups in total. The smallest absolute Gasteiger partial charge is 0.414 e. The number of hydrogen-bond acceptors (Lipinski definition) is 4. The average molecular weight is 241 g/mol. The second-order valence-corrected chi connectivity index (χ2v) is 3.11. The molecule has 0 spiro atoms. The SMILES string of the molecule is O=C(O)C(=O)O.ONCCCc1ccccc1. The van der Waals surface area contributed by atoms with Crippen LogP contribution in [0.1, 0.15) is 12.0 Å². The molecule has 0 unspecified atom stereocenters. The Balaban J connectivity index is 0.000000366. The third kappa shape index (κ3) is 9.04. The Morgan fingerprint density at radius 2 is 1.59 bits per heavy atom. The van der Waals surface area contributed by atoms with Gasteiger partial charge in [0.25, 0.3) is 0 Å². The summed E-state index contributed by atoms with van der Waals surface area (Å²) in [5, 5.41) is 23.1. The molecule has 0 aliphatic heterocycles. The zero-order valence-electron chi connectivity index (χ0n) is 9.17. The van der Waals surface area contributed by atoms with E-state index in [-0.39, 0.29) is 0 Å². The summed E-state index contributed by atoms with van der Waals surface area (Å²) >= 11 is 0. The maximum absolute atomic E-state index is 9.10. The van der Waals surface area contributed by atoms with E-state index < -0.39 is 11.9 Å². The van der Waals surface area contributed by atoms with Gasteiger partial charge in [0.1, 0.15) is 0 Å². The van der Waals surface area contributed by atoms with Crippen molar-refractivity contribution < 1.29 is 25.0 Å². The monoisotopic (exact) mass is 241 g/mol. The fraction of sp³-hybridized carbons (Fsp3) is 0.273. The van der Waals surface area contributed by atoms with Gasteiger partial charge in [0.05, 0.1) is 0 Å². The van der Waals surface area contributed by atoms with Gasteiger partial charge in [0.2, 0.25) is 0 Å². The Kier molecular flexibility index (Phi) is 8.26. The molecule has 1 rings (SSSR count). The van der Waals surface area contributed by atoms with Gasteiger partial charge in [-0.15, -0.1) is 0 Å². The standard InChI is InChI=1S/C9H13NO.C2H2O4/c11-10-8-4-7-9-5-2-1-3-6-9;3-1(4)2(5)6/h1-3,5-6,10-11H,4,7-8H2;(H,3,4)(H,5,6). The lowest BCUT2D eigenvalue weighted by molar-refractivity contribution is -0.159. The molecule has 0 fully saturated rings. The fourth-order valence-corrected chi connectivity index (χ4v) is 1.02. The van der Waals surface area contributed by atoms with Crippen LogP contribution in [0.3, 0.4) is 0 Å². The van der Waals surface area contributed by atoms with Gasteiger partial charge in [0, 0.05) is 6.54 Å². The number of carbonyl (C=O) groups is 2. The number of aliphatic carboxylic acids is 2. The molecule has 0 aliphatic rings. The third-order valence-corrected chi connectivity index (χ3v) is 1.78. The Morgan fingerprint density at radius 1 is 1.06 bits per heavy atom. The Bertz CT molecular complexity index is 327. The van der Waals surface area contributed by atoms with E-state index in [1.165, 1.54) is 5.56 Å². The van der Waals surface area contributed by atoms with Crippen LogP contribution >= 0.6 is 0 Å². The zero-order chi connectivity index (χ0) is 13.1. The van der Waals surface area contributed by atoms with E-state index >= 15 is 0 Å². The first-order chi connectivity index (χ1) is 8.07. The molecule has 0 aliphatic carbocycles. The van der Waals surface area contributed by atoms with Crippen LogP contribution in [-0.2, 0) is 16.0 Å². The topological polar surface area (TPSA) is 107 Å². The molecule has 0 radical (unpaired) electrons. The molecule has 1 aromatic rings. The predicted molar refractivity (Wildman–Crippen MR) is 59.8 cm³/mol. The van der Waals surface area contributed by atoms with Crippen LogP contribution < -0.4 is 5.48 Å². The first-order valence-corrected chi connectivity index (χ1v) is 4.95. The highest BCUT2D eigenvalue weighted by Crippen LogP contribution is 2.00. The second kappa shape index (κ2) is 9.32. The lowest BCUT2D eigenvalue weighted by atomic mass is 10.1. The van der Waals surface area contributed by atoms with Crippen molar-refractivity contribution in [3.05, 3.63) is 35.9 Å². The number of aryl methyl sites for hydroxylation is 1. The highest BCUT2D eigenvalue weighted by atomic mass is 16.5. The molecule has 0 saturated carbocycles. The first-order valence-electron chi connectivity index (χ1n) is 4.95. The highest BCUT2D eigenvalue weighted by Gasteiger charge is 2.04. The molecular weight excluding hydrogens is 226 g/mol. The maximum atomic E-state index is 9.10. The van der Waals surface area contributed by atoms with Crippen molar-refractivity contribution in [3.63, 3.8) is 0 Å². The molecule has 94 valence electrons. The average Bonchev–Trinajstić information content (AvgIpc) is 2.31. The van der Waals surface area contributed by atoms with Gasteiger partial charge in [-0.3, -0.25) is 0 Å². The fourth-order valence-electron chi connectivity index (χ4n) is 1.02. The molecule has 0 amide bonds. The van der Waals surface area contributed by atoms with Gasteiger partial charge < -0.3 is 15.4 Å². The van der Waals surface area contributed by atoms with Crippen molar-refractivity contribution in [2.24, 2.45) is 0 Å². The summed E-state index contributed by atoms with van der Waals surface area (Å²) in [6.45, 7) is 0.662. The summed E-state index contributed by atoms with van der Waals surface area (Å²) in [5.41, 5.74) is 3.46. The molecule has 0 saturated heterocycles. The minimum Gasteiger partial charge on any atom is -0.473 e. The third-order valence-electron chi connectivity index (χ3n) is 1.78. The van der Waals surface area contributed by atoms with Crippen molar-refractivity contribution in [1.82, 2.24) is 5.48 Å². The number of benzene rings is 1. The van der Waals surface area contributed by atoms with Gasteiger partial charge in [-0.05, 0) is 18.4 Å². The Morgan fingerprint density at radius 3 is 2.00 bits per heavy atom. The maximum Gasteiger partial charge on any atom is 0.414 e. The van der Waals surface area contributed by atoms with Crippen molar-refractivity contribution in [2.45, 2.75) is 12.8 Å². The van der Waals surface area contributed by atoms with Crippen LogP contribution in [0.25, 0.3) is 0 Å². The Labute approximate surface area is 98.5 Å². The molecule has 0 aromatic heterocycles. The van der Waals surface area contributed by atoms with Crippen molar-refractivity contribution in [1.29, 1.82) is 0 Å². The zero-order valence-corrected chi connectivity index (χ0v) is 9.17. The minimum atomic E-state index is -1.82. The van der Waals surface area contributed by atoms with Gasteiger partial charge in [-0.2, -0.15) is 0 Å². The van der Waals surface area contributed by atoms with Gasteiger partial charge in [-0.1, -0.05) is 30.3 Å². The lowest BCUT2D eigenvalue weighted by Gasteiger charge is -1.98. The molecule has 0 heterocycles. The quantitative estimate of drug-likeness (QED) is 0.352. The minimum absolute atomic E-state index is 0.662. The number of carboxylic acid groups (broad SMARTS) is 2. The van der Waals surface area contributed by atoms with Gasteiger partial charge in [0.15, 0.2) is 0 Å². The van der Waals surface area contributed by atoms with Crippen LogP contribution in [0.15, 0.2) is 30.3 Å². The van der Waals surface area contributed by atoms with Crippen LogP contribution in [0.5, 0.6) is 0 Å². The number of rotatable bonds is 4. The molecule has 6 heteroatoms. The molecule has 17 heavy (non-hydrogen) atoms. The van der Waals surface area contributed by atoms with Gasteiger partial charge >= 0.3 is 11.9 Å². The van der Waals surface area contributed by atoms with E-state index in [0.29, 0.717) is 6.54 Å². The summed E-state index contributed by atoms with van der Waals surface area (Å²) in [6, 6.07) is 10.3. The number of hydroxylamine groups is 1. The van der Waals surface area contributed by atoms with E-state index in [1.54, 1.807) is 0 Å². The number of nitrogens with one attached hydrogen (secondary N) is 1. The molecular formula is C11H15NO5. The van der Waals surface area contributed by atoms with E-state index in [1.807, 2.05) is 18.2 Å². The van der Waals surface area contributed by atoms with E-state index in [0.717, 1.165) is 12.8 Å². The molecule has 0 bridgehead atoms. The van der Waals surface area contributed by atoms with E-state index in [4.69, 9.17) is 25.0 Å². The van der Waals surface area contributed by atoms with Crippen LogP contribution in [0.4, 0.5) is 0 Å². The second-order valence-electron chi connectivity index (χ2n) is 3.11. The predicted octanol–water partition coefficient (Wildman–Crippen LogP) is 0.754. The van der Waals surface area contributed by atoms with E-state index in [9.17, 15) is 0 Å². The number of hydrogen-bond donors (Lipinski definition) is 4. The summed E-state index contributed by atoms with van der Waals surface area (Å²) in [6.07, 6.45) is 1.99. The summed E-state index contributed by atoms with van der Waals surface area (Å²) in [7, 11) is 0. The largest absolute Gasteiger partial charge is 0.473 e. The molecule has 0 atom stereocenters. The van der Waals surface area contributed by atoms with Crippen molar-refractivity contribution >= 4 is 11.9 Å². The van der Waals surface area contributed by atoms with Crippen LogP contribution in [-0.4, -0.2) is 33.9 Å². The normalized spacial score (nSPS) is 9.00. The van der Waals surface area contributed by atoms with Crippen LogP contribution in [0, 0.1) is 0 Å². The first kappa shape index (κ1) is 15.1. The van der Waals surface area contributed by atoms with Crippen LogP contribution in [0.2, 0.25) is 0 Å². The van der Waals surface area contributed by atoms with Gasteiger partial charge in [-0.25, -0.2) is 15.1 Å².